The summed E-state index contributed by atoms with van der Waals surface area (Å²) in [6, 6.07) is 36.3. The molecular formula is C48H56O13. The van der Waals surface area contributed by atoms with Crippen molar-refractivity contribution < 1.29 is 62.1 Å². The zero-order valence-electron chi connectivity index (χ0n) is 34.5. The average Bonchev–Trinajstić information content (AvgIpc) is 3.81. The number of esters is 3. The molecule has 0 bridgehead atoms. The van der Waals surface area contributed by atoms with E-state index >= 15 is 0 Å². The van der Waals surface area contributed by atoms with Gasteiger partial charge in [0.2, 0.25) is 0 Å². The van der Waals surface area contributed by atoms with E-state index in [1.54, 1.807) is 54.6 Å². The fraction of sp³-hybridized carbons (Fsp3) is 0.438. The topological polar surface area (TPSA) is 155 Å². The van der Waals surface area contributed by atoms with Crippen molar-refractivity contribution in [2.24, 2.45) is 0 Å². The summed E-state index contributed by atoms with van der Waals surface area (Å²) < 4.78 is 55.1. The lowest BCUT2D eigenvalue weighted by molar-refractivity contribution is -0.207. The molecule has 0 unspecified atom stereocenters. The van der Waals surface area contributed by atoms with Gasteiger partial charge in [-0.3, -0.25) is 4.79 Å². The zero-order chi connectivity index (χ0) is 42.7. The number of unbranched alkanes of at least 4 members (excludes halogenated alkanes) is 5. The number of hydrogen-bond acceptors (Lipinski definition) is 13. The van der Waals surface area contributed by atoms with Gasteiger partial charge < -0.3 is 47.7 Å². The van der Waals surface area contributed by atoms with Crippen LogP contribution < -0.4 is 0 Å². The van der Waals surface area contributed by atoms with Gasteiger partial charge in [-0.2, -0.15) is 0 Å². The van der Waals surface area contributed by atoms with E-state index in [9.17, 15) is 19.5 Å². The molecule has 1 N–H and O–H groups in total. The minimum absolute atomic E-state index is 0.155. The molecule has 0 amide bonds. The van der Waals surface area contributed by atoms with Crippen LogP contribution >= 0.6 is 0 Å². The average molecular weight is 841 g/mol. The van der Waals surface area contributed by atoms with Gasteiger partial charge in [0, 0.05) is 13.0 Å². The molecule has 326 valence electrons. The Labute approximate surface area is 357 Å². The fourth-order valence-electron chi connectivity index (χ4n) is 7.22. The highest BCUT2D eigenvalue weighted by molar-refractivity contribution is 5.90. The molecule has 6 rings (SSSR count). The number of carbonyl (C=O) groups is 3. The predicted octanol–water partition coefficient (Wildman–Crippen LogP) is 6.99. The van der Waals surface area contributed by atoms with E-state index < -0.39 is 67.7 Å². The SMILES string of the molecule is COC(=O)CCCCCCCCO[C@H]1O[C@H](CO[C@H]2O[C@H](CO)[C@@H](OCc3ccccc3)[C@@H]2OC(=O)c2ccccc2)[C@@H](OCc2ccccc2)[C@@H]1OC(=O)c1ccccc1. The molecule has 8 atom stereocenters. The van der Waals surface area contributed by atoms with Crippen LogP contribution in [0.4, 0.5) is 0 Å². The maximum Gasteiger partial charge on any atom is 0.338 e. The number of aliphatic hydroxyl groups is 1. The van der Waals surface area contributed by atoms with E-state index in [1.807, 2.05) is 66.7 Å². The Kier molecular flexibility index (Phi) is 18.3. The smallest absolute Gasteiger partial charge is 0.338 e. The number of aliphatic hydroxyl groups excluding tert-OH is 1. The van der Waals surface area contributed by atoms with Crippen LogP contribution in [-0.4, -0.2) is 99.1 Å². The van der Waals surface area contributed by atoms with Crippen LogP contribution in [0.5, 0.6) is 0 Å². The summed E-state index contributed by atoms with van der Waals surface area (Å²) in [6.45, 7) is 0.0848. The summed E-state index contributed by atoms with van der Waals surface area (Å²) in [5, 5.41) is 10.4. The third-order valence-corrected chi connectivity index (χ3v) is 10.5. The molecule has 2 aliphatic rings. The molecule has 0 aromatic heterocycles. The molecule has 4 aromatic carbocycles. The van der Waals surface area contributed by atoms with Crippen molar-refractivity contribution in [3.8, 4) is 0 Å². The monoisotopic (exact) mass is 840 g/mol. The third kappa shape index (κ3) is 13.8. The molecule has 0 spiro atoms. The third-order valence-electron chi connectivity index (χ3n) is 10.5. The van der Waals surface area contributed by atoms with Crippen LogP contribution in [0.1, 0.15) is 76.8 Å². The Morgan fingerprint density at radius 3 is 1.48 bits per heavy atom. The van der Waals surface area contributed by atoms with Gasteiger partial charge >= 0.3 is 17.9 Å². The van der Waals surface area contributed by atoms with Crippen molar-refractivity contribution in [2.75, 3.05) is 26.9 Å². The van der Waals surface area contributed by atoms with Gasteiger partial charge in [0.15, 0.2) is 24.8 Å². The minimum Gasteiger partial charge on any atom is -0.469 e. The molecule has 2 heterocycles. The van der Waals surface area contributed by atoms with Crippen LogP contribution in [0.25, 0.3) is 0 Å². The van der Waals surface area contributed by atoms with Crippen LogP contribution in [0.2, 0.25) is 0 Å². The normalized spacial score (nSPS) is 23.4. The van der Waals surface area contributed by atoms with Crippen LogP contribution in [0.3, 0.4) is 0 Å². The number of benzene rings is 4. The number of methoxy groups -OCH3 is 1. The molecule has 0 aliphatic carbocycles. The largest absolute Gasteiger partial charge is 0.469 e. The van der Waals surface area contributed by atoms with E-state index in [2.05, 4.69) is 0 Å². The summed E-state index contributed by atoms with van der Waals surface area (Å²) in [5.41, 5.74) is 2.45. The van der Waals surface area contributed by atoms with E-state index in [0.29, 0.717) is 24.2 Å². The molecule has 2 saturated heterocycles. The maximum atomic E-state index is 13.6. The van der Waals surface area contributed by atoms with Crippen molar-refractivity contribution in [3.05, 3.63) is 144 Å². The van der Waals surface area contributed by atoms with Gasteiger partial charge in [-0.05, 0) is 48.2 Å². The van der Waals surface area contributed by atoms with E-state index in [-0.39, 0.29) is 25.8 Å². The summed E-state index contributed by atoms with van der Waals surface area (Å²) in [4.78, 5) is 38.5. The predicted molar refractivity (Wildman–Crippen MR) is 222 cm³/mol. The Hall–Kier alpha value is -4.99. The van der Waals surface area contributed by atoms with Crippen molar-refractivity contribution in [3.63, 3.8) is 0 Å². The van der Waals surface area contributed by atoms with Gasteiger partial charge in [-0.15, -0.1) is 0 Å². The first-order valence-electron chi connectivity index (χ1n) is 21.0. The number of carbonyl (C=O) groups excluding carboxylic acids is 3. The maximum absolute atomic E-state index is 13.6. The first-order chi connectivity index (χ1) is 29.9. The molecule has 2 fully saturated rings. The zero-order valence-corrected chi connectivity index (χ0v) is 34.5. The standard InChI is InChI=1S/C48H56O13/c1-53-40(50)28-18-4-2-3-5-19-29-54-47-44(61-46(52)37-26-16-9-17-27-37)42(56-32-35-22-12-7-13-23-35)39(59-47)33-57-48-43(60-45(51)36-24-14-8-15-25-36)41(38(30-49)58-48)55-31-34-20-10-6-11-21-34/h6-17,20-27,38-39,41-44,47-49H,2-5,18-19,28-33H2,1H3/t38-,39-,41-,42-,43+,44+,47+,48+/m1/s1. The molecule has 13 heteroatoms. The first-order valence-corrected chi connectivity index (χ1v) is 21.0. The highest BCUT2D eigenvalue weighted by Gasteiger charge is 2.52. The molecule has 0 radical (unpaired) electrons. The second kappa shape index (κ2) is 24.5. The fourth-order valence-corrected chi connectivity index (χ4v) is 7.22. The highest BCUT2D eigenvalue weighted by Crippen LogP contribution is 2.33. The molecular weight excluding hydrogens is 785 g/mol. The van der Waals surface area contributed by atoms with Gasteiger partial charge in [0.05, 0.1) is 44.7 Å². The lowest BCUT2D eigenvalue weighted by Gasteiger charge is -2.26. The van der Waals surface area contributed by atoms with E-state index in [4.69, 9.17) is 42.6 Å². The van der Waals surface area contributed by atoms with Crippen molar-refractivity contribution in [1.82, 2.24) is 0 Å². The van der Waals surface area contributed by atoms with Crippen molar-refractivity contribution in [1.29, 1.82) is 0 Å². The lowest BCUT2D eigenvalue weighted by atomic mass is 10.1. The molecule has 0 saturated carbocycles. The first kappa shape index (κ1) is 45.5. The second-order valence-electron chi connectivity index (χ2n) is 14.9. The van der Waals surface area contributed by atoms with Gasteiger partial charge in [0.25, 0.3) is 0 Å². The number of hydrogen-bond donors (Lipinski definition) is 1. The summed E-state index contributed by atoms with van der Waals surface area (Å²) in [6.07, 6.45) is -2.07. The Morgan fingerprint density at radius 1 is 0.525 bits per heavy atom. The van der Waals surface area contributed by atoms with Crippen molar-refractivity contribution in [2.45, 2.75) is 107 Å². The minimum atomic E-state index is -1.18. The van der Waals surface area contributed by atoms with Gasteiger partial charge in [-0.1, -0.05) is 123 Å². The van der Waals surface area contributed by atoms with Gasteiger partial charge in [0.1, 0.15) is 24.4 Å². The second-order valence-corrected chi connectivity index (χ2v) is 14.9. The highest BCUT2D eigenvalue weighted by atomic mass is 16.8. The summed E-state index contributed by atoms with van der Waals surface area (Å²) in [7, 11) is 1.40. The Balaban J connectivity index is 1.18. The summed E-state index contributed by atoms with van der Waals surface area (Å²) >= 11 is 0. The number of rotatable bonds is 24. The molecule has 2 aliphatic heterocycles. The molecule has 4 aromatic rings. The molecule has 13 nitrogen and oxygen atoms in total. The summed E-state index contributed by atoms with van der Waals surface area (Å²) in [5.74, 6) is -1.38. The Morgan fingerprint density at radius 2 is 0.967 bits per heavy atom. The number of ether oxygens (including phenoxy) is 9. The Bertz CT molecular complexity index is 1880. The van der Waals surface area contributed by atoms with E-state index in [1.165, 1.54) is 7.11 Å². The molecule has 61 heavy (non-hydrogen) atoms. The van der Waals surface area contributed by atoms with E-state index in [0.717, 1.165) is 49.7 Å². The van der Waals surface area contributed by atoms with Gasteiger partial charge in [-0.25, -0.2) is 9.59 Å². The van der Waals surface area contributed by atoms with Crippen LogP contribution in [0, 0.1) is 0 Å². The quantitative estimate of drug-likeness (QED) is 0.0439. The lowest BCUT2D eigenvalue weighted by Crippen LogP contribution is -2.43. The van der Waals surface area contributed by atoms with Crippen molar-refractivity contribution >= 4 is 17.9 Å². The van der Waals surface area contributed by atoms with Crippen LogP contribution in [0.15, 0.2) is 121 Å². The van der Waals surface area contributed by atoms with Crippen LogP contribution in [-0.2, 0) is 60.6 Å².